The van der Waals surface area contributed by atoms with Gasteiger partial charge in [0.25, 0.3) is 0 Å². The second-order valence-corrected chi connectivity index (χ2v) is 3.68. The third-order valence-corrected chi connectivity index (χ3v) is 2.44. The van der Waals surface area contributed by atoms with E-state index in [1.165, 1.54) is 14.2 Å². The van der Waals surface area contributed by atoms with E-state index in [-0.39, 0.29) is 6.42 Å². The summed E-state index contributed by atoms with van der Waals surface area (Å²) in [5.74, 6) is -1.52. The molecule has 0 aliphatic heterocycles. The van der Waals surface area contributed by atoms with Crippen molar-refractivity contribution in [3.05, 3.63) is 42.0 Å². The van der Waals surface area contributed by atoms with Gasteiger partial charge in [-0.05, 0) is 5.56 Å². The number of rotatable bonds is 5. The van der Waals surface area contributed by atoms with Crippen LogP contribution < -0.4 is 0 Å². The number of benzene rings is 1. The van der Waals surface area contributed by atoms with Gasteiger partial charge >= 0.3 is 11.9 Å². The number of methoxy groups -OCH3 is 2. The second-order valence-electron chi connectivity index (χ2n) is 3.68. The Bertz CT molecular complexity index is 423. The predicted octanol–water partition coefficient (Wildman–Crippen LogP) is 2.05. The van der Waals surface area contributed by atoms with E-state index >= 15 is 0 Å². The van der Waals surface area contributed by atoms with Crippen LogP contribution >= 0.6 is 0 Å². The van der Waals surface area contributed by atoms with E-state index in [1.807, 2.05) is 30.3 Å². The molecule has 18 heavy (non-hydrogen) atoms. The number of esters is 2. The molecule has 1 rings (SSSR count). The summed E-state index contributed by atoms with van der Waals surface area (Å²) < 4.78 is 9.20. The number of ether oxygens (including phenoxy) is 2. The van der Waals surface area contributed by atoms with E-state index < -0.39 is 17.9 Å². The molecule has 0 radical (unpaired) electrons. The Hall–Kier alpha value is -2.10. The molecule has 0 aliphatic rings. The van der Waals surface area contributed by atoms with Crippen LogP contribution in [0.5, 0.6) is 0 Å². The van der Waals surface area contributed by atoms with Crippen molar-refractivity contribution in [2.75, 3.05) is 14.2 Å². The molecule has 0 fully saturated rings. The van der Waals surface area contributed by atoms with Crippen LogP contribution in [0.1, 0.15) is 12.0 Å². The Morgan fingerprint density at radius 3 is 2.39 bits per heavy atom. The van der Waals surface area contributed by atoms with E-state index in [0.717, 1.165) is 5.56 Å². The zero-order valence-electron chi connectivity index (χ0n) is 10.5. The van der Waals surface area contributed by atoms with Crippen LogP contribution in [0.2, 0.25) is 0 Å². The quantitative estimate of drug-likeness (QED) is 0.748. The van der Waals surface area contributed by atoms with E-state index in [0.29, 0.717) is 0 Å². The lowest BCUT2D eigenvalue weighted by Gasteiger charge is -2.08. The van der Waals surface area contributed by atoms with Gasteiger partial charge in [0.1, 0.15) is 0 Å². The van der Waals surface area contributed by atoms with Crippen molar-refractivity contribution >= 4 is 18.0 Å². The van der Waals surface area contributed by atoms with Crippen molar-refractivity contribution in [1.82, 2.24) is 0 Å². The summed E-state index contributed by atoms with van der Waals surface area (Å²) in [4.78, 5) is 22.7. The first-order valence-electron chi connectivity index (χ1n) is 5.55. The average Bonchev–Trinajstić information content (AvgIpc) is 2.43. The van der Waals surface area contributed by atoms with Gasteiger partial charge in [-0.15, -0.1) is 0 Å². The molecule has 4 nitrogen and oxygen atoms in total. The molecule has 0 heterocycles. The van der Waals surface area contributed by atoms with Gasteiger partial charge in [0.15, 0.2) is 0 Å². The van der Waals surface area contributed by atoms with Crippen LogP contribution in [0.15, 0.2) is 36.4 Å². The maximum Gasteiger partial charge on any atom is 0.313 e. The molecule has 96 valence electrons. The van der Waals surface area contributed by atoms with E-state index in [4.69, 9.17) is 0 Å². The SMILES string of the molecule is COC(=O)CC(/C=C/c1ccccc1)C(=O)OC. The first-order chi connectivity index (χ1) is 8.67. The Labute approximate surface area is 106 Å². The third kappa shape index (κ3) is 4.41. The van der Waals surface area contributed by atoms with Gasteiger partial charge in [-0.1, -0.05) is 42.5 Å². The fourth-order valence-corrected chi connectivity index (χ4v) is 1.44. The highest BCUT2D eigenvalue weighted by Crippen LogP contribution is 2.12. The Morgan fingerprint density at radius 1 is 1.17 bits per heavy atom. The van der Waals surface area contributed by atoms with Gasteiger partial charge in [0.2, 0.25) is 0 Å². The molecule has 0 spiro atoms. The van der Waals surface area contributed by atoms with Crippen molar-refractivity contribution in [1.29, 1.82) is 0 Å². The standard InChI is InChI=1S/C14H16O4/c1-17-13(15)10-12(14(16)18-2)9-8-11-6-4-3-5-7-11/h3-9,12H,10H2,1-2H3/b9-8+. The third-order valence-electron chi connectivity index (χ3n) is 2.44. The van der Waals surface area contributed by atoms with Crippen molar-refractivity contribution < 1.29 is 19.1 Å². The normalized spacial score (nSPS) is 12.1. The average molecular weight is 248 g/mol. The summed E-state index contributed by atoms with van der Waals surface area (Å²) in [6.45, 7) is 0. The molecule has 0 bridgehead atoms. The molecule has 0 aliphatic carbocycles. The molecule has 4 heteroatoms. The van der Waals surface area contributed by atoms with Crippen molar-refractivity contribution in [2.24, 2.45) is 5.92 Å². The molecule has 0 amide bonds. The molecule has 1 aromatic carbocycles. The molecule has 1 unspecified atom stereocenters. The van der Waals surface area contributed by atoms with E-state index in [1.54, 1.807) is 12.2 Å². The lowest BCUT2D eigenvalue weighted by atomic mass is 10.0. The molecule has 1 atom stereocenters. The van der Waals surface area contributed by atoms with Crippen molar-refractivity contribution in [2.45, 2.75) is 6.42 Å². The van der Waals surface area contributed by atoms with Gasteiger partial charge in [-0.3, -0.25) is 9.59 Å². The van der Waals surface area contributed by atoms with Crippen molar-refractivity contribution in [3.63, 3.8) is 0 Å². The number of hydrogen-bond acceptors (Lipinski definition) is 4. The van der Waals surface area contributed by atoms with Crippen LogP contribution in [-0.4, -0.2) is 26.2 Å². The lowest BCUT2D eigenvalue weighted by Crippen LogP contribution is -2.18. The molecule has 0 saturated carbocycles. The second kappa shape index (κ2) is 7.27. The first kappa shape index (κ1) is 14.0. The fourth-order valence-electron chi connectivity index (χ4n) is 1.44. The van der Waals surface area contributed by atoms with Crippen LogP contribution in [-0.2, 0) is 19.1 Å². The molecular formula is C14H16O4. The predicted molar refractivity (Wildman–Crippen MR) is 67.6 cm³/mol. The van der Waals surface area contributed by atoms with Gasteiger partial charge in [0.05, 0.1) is 26.6 Å². The highest BCUT2D eigenvalue weighted by Gasteiger charge is 2.20. The largest absolute Gasteiger partial charge is 0.469 e. The van der Waals surface area contributed by atoms with Gasteiger partial charge < -0.3 is 9.47 Å². The molecule has 0 aromatic heterocycles. The minimum atomic E-state index is -0.623. The van der Waals surface area contributed by atoms with Gasteiger partial charge in [-0.2, -0.15) is 0 Å². The Balaban J connectivity index is 2.75. The van der Waals surface area contributed by atoms with Crippen molar-refractivity contribution in [3.8, 4) is 0 Å². The summed E-state index contributed by atoms with van der Waals surface area (Å²) in [6, 6.07) is 9.51. The topological polar surface area (TPSA) is 52.6 Å². The minimum absolute atomic E-state index is 0.0213. The summed E-state index contributed by atoms with van der Waals surface area (Å²) >= 11 is 0. The van der Waals surface area contributed by atoms with Crippen LogP contribution in [0.25, 0.3) is 6.08 Å². The van der Waals surface area contributed by atoms with Gasteiger partial charge in [0, 0.05) is 0 Å². The minimum Gasteiger partial charge on any atom is -0.469 e. The van der Waals surface area contributed by atoms with Crippen LogP contribution in [0.4, 0.5) is 0 Å². The smallest absolute Gasteiger partial charge is 0.313 e. The maximum atomic E-state index is 11.5. The Kier molecular flexibility index (Phi) is 5.64. The molecule has 0 N–H and O–H groups in total. The maximum absolute atomic E-state index is 11.5. The van der Waals surface area contributed by atoms with Gasteiger partial charge in [-0.25, -0.2) is 0 Å². The van der Waals surface area contributed by atoms with E-state index in [2.05, 4.69) is 9.47 Å². The number of carbonyl (C=O) groups excluding carboxylic acids is 2. The highest BCUT2D eigenvalue weighted by molar-refractivity contribution is 5.82. The molecule has 0 saturated heterocycles. The Morgan fingerprint density at radius 2 is 1.83 bits per heavy atom. The van der Waals surface area contributed by atoms with E-state index in [9.17, 15) is 9.59 Å². The highest BCUT2D eigenvalue weighted by atomic mass is 16.5. The fraction of sp³-hybridized carbons (Fsp3) is 0.286. The summed E-state index contributed by atoms with van der Waals surface area (Å²) in [7, 11) is 2.58. The lowest BCUT2D eigenvalue weighted by molar-refractivity contribution is -0.150. The van der Waals surface area contributed by atoms with Crippen LogP contribution in [0, 0.1) is 5.92 Å². The van der Waals surface area contributed by atoms with Crippen LogP contribution in [0.3, 0.4) is 0 Å². The summed E-state index contributed by atoms with van der Waals surface area (Å²) in [5, 5.41) is 0. The first-order valence-corrected chi connectivity index (χ1v) is 5.55. The summed E-state index contributed by atoms with van der Waals surface area (Å²) in [6.07, 6.45) is 3.41. The number of carbonyl (C=O) groups is 2. The molecule has 1 aromatic rings. The number of hydrogen-bond donors (Lipinski definition) is 0. The monoisotopic (exact) mass is 248 g/mol. The zero-order valence-corrected chi connectivity index (χ0v) is 10.5. The zero-order chi connectivity index (χ0) is 13.4. The molecular weight excluding hydrogens is 232 g/mol. The summed E-state index contributed by atoms with van der Waals surface area (Å²) in [5.41, 5.74) is 0.955.